The Hall–Kier alpha value is -2.06. The Morgan fingerprint density at radius 2 is 1.90 bits per heavy atom. The Morgan fingerprint density at radius 1 is 1.15 bits per heavy atom. The van der Waals surface area contributed by atoms with Crippen molar-refractivity contribution in [2.45, 2.75) is 13.8 Å². The van der Waals surface area contributed by atoms with E-state index in [9.17, 15) is 4.79 Å². The average Bonchev–Trinajstić information content (AvgIpc) is 2.40. The summed E-state index contributed by atoms with van der Waals surface area (Å²) in [5, 5.41) is 3.49. The summed E-state index contributed by atoms with van der Waals surface area (Å²) in [5.74, 6) is -0.170. The Labute approximate surface area is 124 Å². The number of para-hydroxylation sites is 1. The molecule has 2 aromatic carbocycles. The van der Waals surface area contributed by atoms with E-state index in [2.05, 4.69) is 5.32 Å². The van der Waals surface area contributed by atoms with E-state index in [1.54, 1.807) is 6.08 Å². The zero-order valence-electron chi connectivity index (χ0n) is 11.5. The first-order chi connectivity index (χ1) is 9.56. The van der Waals surface area contributed by atoms with Crippen molar-refractivity contribution >= 4 is 29.3 Å². The topological polar surface area (TPSA) is 29.1 Å². The van der Waals surface area contributed by atoms with Crippen LogP contribution >= 0.6 is 11.6 Å². The van der Waals surface area contributed by atoms with Gasteiger partial charge in [-0.3, -0.25) is 4.79 Å². The molecule has 0 aliphatic rings. The zero-order valence-corrected chi connectivity index (χ0v) is 12.2. The van der Waals surface area contributed by atoms with E-state index in [-0.39, 0.29) is 5.91 Å². The second-order valence-corrected chi connectivity index (χ2v) is 5.07. The molecular formula is C17H16ClNO. The zero-order chi connectivity index (χ0) is 14.5. The monoisotopic (exact) mass is 285 g/mol. The fourth-order valence-electron chi connectivity index (χ4n) is 1.82. The van der Waals surface area contributed by atoms with Gasteiger partial charge in [0, 0.05) is 16.8 Å². The van der Waals surface area contributed by atoms with Crippen LogP contribution in [0.25, 0.3) is 6.08 Å². The van der Waals surface area contributed by atoms with Crippen molar-refractivity contribution in [3.05, 3.63) is 70.3 Å². The van der Waals surface area contributed by atoms with Crippen LogP contribution in [-0.4, -0.2) is 5.91 Å². The molecule has 0 aromatic heterocycles. The van der Waals surface area contributed by atoms with Gasteiger partial charge in [-0.15, -0.1) is 0 Å². The molecule has 0 atom stereocenters. The van der Waals surface area contributed by atoms with Gasteiger partial charge in [0.15, 0.2) is 0 Å². The van der Waals surface area contributed by atoms with Gasteiger partial charge in [0.25, 0.3) is 0 Å². The first-order valence-electron chi connectivity index (χ1n) is 6.37. The third-order valence-electron chi connectivity index (χ3n) is 2.97. The lowest BCUT2D eigenvalue weighted by Crippen LogP contribution is -2.08. The highest BCUT2D eigenvalue weighted by Crippen LogP contribution is 2.19. The smallest absolute Gasteiger partial charge is 0.248 e. The van der Waals surface area contributed by atoms with Gasteiger partial charge in [0.05, 0.1) is 0 Å². The number of amides is 1. The maximum Gasteiger partial charge on any atom is 0.248 e. The van der Waals surface area contributed by atoms with Crippen molar-refractivity contribution < 1.29 is 4.79 Å². The summed E-state index contributed by atoms with van der Waals surface area (Å²) in [7, 11) is 0. The molecule has 0 saturated carbocycles. The number of rotatable bonds is 3. The second kappa shape index (κ2) is 6.40. The first kappa shape index (κ1) is 14.4. The summed E-state index contributed by atoms with van der Waals surface area (Å²) in [6.45, 7) is 3.93. The van der Waals surface area contributed by atoms with Crippen molar-refractivity contribution in [2.75, 3.05) is 5.32 Å². The minimum Gasteiger partial charge on any atom is -0.322 e. The van der Waals surface area contributed by atoms with E-state index < -0.39 is 0 Å². The van der Waals surface area contributed by atoms with Gasteiger partial charge in [-0.05, 0) is 48.7 Å². The molecule has 2 nitrogen and oxygen atoms in total. The maximum atomic E-state index is 11.9. The van der Waals surface area contributed by atoms with Gasteiger partial charge in [0.2, 0.25) is 5.91 Å². The third-order valence-corrected chi connectivity index (χ3v) is 3.30. The van der Waals surface area contributed by atoms with Crippen LogP contribution in [0.2, 0.25) is 5.02 Å². The number of carbonyl (C=O) groups excluding carboxylic acids is 1. The van der Waals surface area contributed by atoms with Crippen LogP contribution in [0.4, 0.5) is 5.69 Å². The largest absolute Gasteiger partial charge is 0.322 e. The molecular weight excluding hydrogens is 270 g/mol. The summed E-state index contributed by atoms with van der Waals surface area (Å²) < 4.78 is 0. The Balaban J connectivity index is 2.08. The summed E-state index contributed by atoms with van der Waals surface area (Å²) >= 11 is 6.12. The molecule has 0 aliphatic heterocycles. The predicted octanol–water partition coefficient (Wildman–Crippen LogP) is 4.61. The average molecular weight is 286 g/mol. The lowest BCUT2D eigenvalue weighted by molar-refractivity contribution is -0.111. The van der Waals surface area contributed by atoms with E-state index in [1.165, 1.54) is 6.08 Å². The Bertz CT molecular complexity index is 662. The van der Waals surface area contributed by atoms with Crippen LogP contribution in [0.15, 0.2) is 48.5 Å². The van der Waals surface area contributed by atoms with Crippen molar-refractivity contribution in [3.8, 4) is 0 Å². The standard InChI is InChI=1S/C17H16ClNO/c1-12-7-8-14(15(18)11-12)9-10-17(20)19-16-6-4-3-5-13(16)2/h3-11H,1-2H3,(H,19,20). The fraction of sp³-hybridized carbons (Fsp3) is 0.118. The molecule has 20 heavy (non-hydrogen) atoms. The Kier molecular flexibility index (Phi) is 4.59. The van der Waals surface area contributed by atoms with Crippen LogP contribution in [0, 0.1) is 13.8 Å². The third kappa shape index (κ3) is 3.72. The highest BCUT2D eigenvalue weighted by atomic mass is 35.5. The number of halogens is 1. The van der Waals surface area contributed by atoms with Crippen LogP contribution in [0.5, 0.6) is 0 Å². The molecule has 3 heteroatoms. The predicted molar refractivity (Wildman–Crippen MR) is 85.0 cm³/mol. The van der Waals surface area contributed by atoms with Crippen LogP contribution in [0.3, 0.4) is 0 Å². The van der Waals surface area contributed by atoms with Crippen LogP contribution in [-0.2, 0) is 4.79 Å². The number of benzene rings is 2. The first-order valence-corrected chi connectivity index (χ1v) is 6.75. The quantitative estimate of drug-likeness (QED) is 0.820. The van der Waals surface area contributed by atoms with Crippen molar-refractivity contribution in [3.63, 3.8) is 0 Å². The number of anilines is 1. The summed E-state index contributed by atoms with van der Waals surface area (Å²) in [6, 6.07) is 13.4. The van der Waals surface area contributed by atoms with Crippen molar-refractivity contribution in [1.29, 1.82) is 0 Å². The SMILES string of the molecule is Cc1ccc(C=CC(=O)Nc2ccccc2C)c(Cl)c1. The minimum absolute atomic E-state index is 0.170. The van der Waals surface area contributed by atoms with Crippen molar-refractivity contribution in [1.82, 2.24) is 0 Å². The second-order valence-electron chi connectivity index (χ2n) is 4.66. The number of carbonyl (C=O) groups is 1. The molecule has 2 aromatic rings. The lowest BCUT2D eigenvalue weighted by Gasteiger charge is -2.05. The van der Waals surface area contributed by atoms with E-state index in [0.717, 1.165) is 22.4 Å². The lowest BCUT2D eigenvalue weighted by atomic mass is 10.1. The Morgan fingerprint density at radius 3 is 2.60 bits per heavy atom. The fourth-order valence-corrected chi connectivity index (χ4v) is 2.12. The van der Waals surface area contributed by atoms with Gasteiger partial charge < -0.3 is 5.32 Å². The number of nitrogens with one attached hydrogen (secondary N) is 1. The van der Waals surface area contributed by atoms with Gasteiger partial charge in [0.1, 0.15) is 0 Å². The van der Waals surface area contributed by atoms with Gasteiger partial charge >= 0.3 is 0 Å². The summed E-state index contributed by atoms with van der Waals surface area (Å²) in [5.41, 5.74) is 3.77. The molecule has 1 amide bonds. The molecule has 0 fully saturated rings. The summed E-state index contributed by atoms with van der Waals surface area (Å²) in [6.07, 6.45) is 3.21. The van der Waals surface area contributed by atoms with Crippen LogP contribution in [0.1, 0.15) is 16.7 Å². The van der Waals surface area contributed by atoms with Crippen molar-refractivity contribution in [2.24, 2.45) is 0 Å². The van der Waals surface area contributed by atoms with Crippen LogP contribution < -0.4 is 5.32 Å². The minimum atomic E-state index is -0.170. The number of hydrogen-bond donors (Lipinski definition) is 1. The highest BCUT2D eigenvalue weighted by molar-refractivity contribution is 6.32. The summed E-state index contributed by atoms with van der Waals surface area (Å²) in [4.78, 5) is 11.9. The van der Waals surface area contributed by atoms with E-state index in [0.29, 0.717) is 5.02 Å². The van der Waals surface area contributed by atoms with E-state index >= 15 is 0 Å². The molecule has 0 aliphatic carbocycles. The van der Waals surface area contributed by atoms with Gasteiger partial charge in [-0.25, -0.2) is 0 Å². The van der Waals surface area contributed by atoms with E-state index in [1.807, 2.05) is 56.3 Å². The molecule has 0 bridgehead atoms. The molecule has 0 spiro atoms. The molecule has 102 valence electrons. The molecule has 0 unspecified atom stereocenters. The highest BCUT2D eigenvalue weighted by Gasteiger charge is 2.01. The molecule has 1 N–H and O–H groups in total. The number of hydrogen-bond acceptors (Lipinski definition) is 1. The molecule has 0 saturated heterocycles. The number of aryl methyl sites for hydroxylation is 2. The molecule has 0 radical (unpaired) electrons. The van der Waals surface area contributed by atoms with Gasteiger partial charge in [-0.1, -0.05) is 41.9 Å². The molecule has 0 heterocycles. The van der Waals surface area contributed by atoms with E-state index in [4.69, 9.17) is 11.6 Å². The molecule has 2 rings (SSSR count). The normalized spacial score (nSPS) is 10.8. The van der Waals surface area contributed by atoms with Gasteiger partial charge in [-0.2, -0.15) is 0 Å². The maximum absolute atomic E-state index is 11.9.